The Balaban J connectivity index is 1.91. The molecule has 1 fully saturated rings. The molecule has 0 aliphatic carbocycles. The van der Waals surface area contributed by atoms with E-state index < -0.39 is 11.5 Å². The molecule has 1 aliphatic heterocycles. The van der Waals surface area contributed by atoms with Crippen molar-refractivity contribution in [1.29, 1.82) is 0 Å². The van der Waals surface area contributed by atoms with Crippen molar-refractivity contribution >= 4 is 11.8 Å². The van der Waals surface area contributed by atoms with E-state index in [1.165, 1.54) is 12.1 Å². The molecule has 1 aromatic carbocycles. The van der Waals surface area contributed by atoms with Crippen LogP contribution >= 0.6 is 0 Å². The second-order valence-electron chi connectivity index (χ2n) is 5.39. The molecule has 1 saturated heterocycles. The van der Waals surface area contributed by atoms with Crippen LogP contribution in [0.5, 0.6) is 0 Å². The topological polar surface area (TPSA) is 72.6 Å². The lowest BCUT2D eigenvalue weighted by Gasteiger charge is -2.38. The first-order valence-electron chi connectivity index (χ1n) is 6.87. The minimum atomic E-state index is -1.12. The zero-order valence-electron chi connectivity index (χ0n) is 12.0. The lowest BCUT2D eigenvalue weighted by atomic mass is 10.0. The number of rotatable bonds is 4. The summed E-state index contributed by atoms with van der Waals surface area (Å²) in [4.78, 5) is 25.2. The molecule has 0 radical (unpaired) electrons. The highest BCUT2D eigenvalue weighted by Crippen LogP contribution is 2.18. The fourth-order valence-corrected chi connectivity index (χ4v) is 2.29. The molecule has 2 rings (SSSR count). The number of primary amides is 1. The first-order chi connectivity index (χ1) is 9.90. The lowest BCUT2D eigenvalue weighted by Crippen LogP contribution is -2.58. The number of nitrogens with two attached hydrogens (primary N) is 1. The van der Waals surface area contributed by atoms with Crippen LogP contribution < -0.4 is 5.73 Å². The summed E-state index contributed by atoms with van der Waals surface area (Å²) in [5, 5.41) is 0. The average Bonchev–Trinajstić information content (AvgIpc) is 2.46. The van der Waals surface area contributed by atoms with Crippen LogP contribution in [0.2, 0.25) is 0 Å². The Kier molecular flexibility index (Phi) is 4.57. The monoisotopic (exact) mass is 294 g/mol. The summed E-state index contributed by atoms with van der Waals surface area (Å²) in [5.41, 5.74) is 5.08. The molecule has 0 bridgehead atoms. The van der Waals surface area contributed by atoms with E-state index in [1.54, 1.807) is 24.0 Å². The Labute approximate surface area is 122 Å². The van der Waals surface area contributed by atoms with Crippen LogP contribution in [0, 0.1) is 5.82 Å². The van der Waals surface area contributed by atoms with E-state index in [4.69, 9.17) is 10.5 Å². The van der Waals surface area contributed by atoms with Gasteiger partial charge in [-0.1, -0.05) is 12.1 Å². The van der Waals surface area contributed by atoms with Crippen molar-refractivity contribution in [1.82, 2.24) is 4.90 Å². The van der Waals surface area contributed by atoms with Crippen LogP contribution in [0.4, 0.5) is 4.39 Å². The number of morpholine rings is 1. The first-order valence-corrected chi connectivity index (χ1v) is 6.87. The van der Waals surface area contributed by atoms with Crippen LogP contribution in [0.15, 0.2) is 24.3 Å². The normalized spacial score (nSPS) is 22.1. The van der Waals surface area contributed by atoms with E-state index >= 15 is 0 Å². The van der Waals surface area contributed by atoms with Crippen LogP contribution in [0.1, 0.15) is 18.9 Å². The SMILES string of the molecule is C[C@@]1(C(N)=O)CN(C(=O)CCc2ccc(F)cc2)CCO1. The first kappa shape index (κ1) is 15.4. The van der Waals surface area contributed by atoms with Gasteiger partial charge in [0.25, 0.3) is 5.91 Å². The highest BCUT2D eigenvalue weighted by molar-refractivity contribution is 5.85. The standard InChI is InChI=1S/C15H19FN2O3/c1-15(14(17)20)10-18(8-9-21-15)13(19)7-4-11-2-5-12(16)6-3-11/h2-3,5-6H,4,7-10H2,1H3,(H2,17,20)/t15-/m0/s1. The minimum Gasteiger partial charge on any atom is -0.367 e. The summed E-state index contributed by atoms with van der Waals surface area (Å²) in [7, 11) is 0. The van der Waals surface area contributed by atoms with E-state index in [-0.39, 0.29) is 18.3 Å². The molecule has 1 aliphatic rings. The molecule has 6 heteroatoms. The lowest BCUT2D eigenvalue weighted by molar-refractivity contribution is -0.160. The molecule has 2 N–H and O–H groups in total. The molecule has 0 saturated carbocycles. The van der Waals surface area contributed by atoms with Gasteiger partial charge in [0.05, 0.1) is 13.2 Å². The van der Waals surface area contributed by atoms with Gasteiger partial charge in [-0.15, -0.1) is 0 Å². The number of benzene rings is 1. The molecule has 1 heterocycles. The number of ether oxygens (including phenoxy) is 1. The quantitative estimate of drug-likeness (QED) is 0.895. The minimum absolute atomic E-state index is 0.0601. The number of nitrogens with zero attached hydrogens (tertiary/aromatic N) is 1. The van der Waals surface area contributed by atoms with Crippen LogP contribution in [0.25, 0.3) is 0 Å². The number of aryl methyl sites for hydroxylation is 1. The third kappa shape index (κ3) is 3.78. The fourth-order valence-electron chi connectivity index (χ4n) is 2.29. The second kappa shape index (κ2) is 6.22. The predicted molar refractivity (Wildman–Crippen MR) is 74.9 cm³/mol. The maximum atomic E-state index is 12.8. The highest BCUT2D eigenvalue weighted by atomic mass is 19.1. The van der Waals surface area contributed by atoms with Gasteiger partial charge in [-0.3, -0.25) is 9.59 Å². The Bertz CT molecular complexity index is 532. The van der Waals surface area contributed by atoms with Gasteiger partial charge in [0.15, 0.2) is 5.60 Å². The Morgan fingerprint density at radius 3 is 2.67 bits per heavy atom. The van der Waals surface area contributed by atoms with Crippen molar-refractivity contribution in [2.45, 2.75) is 25.4 Å². The van der Waals surface area contributed by atoms with Gasteiger partial charge in [0.1, 0.15) is 5.82 Å². The van der Waals surface area contributed by atoms with Gasteiger partial charge in [-0.05, 0) is 31.0 Å². The molecular formula is C15H19FN2O3. The third-order valence-electron chi connectivity index (χ3n) is 3.69. The van der Waals surface area contributed by atoms with Gasteiger partial charge >= 0.3 is 0 Å². The Morgan fingerprint density at radius 2 is 2.05 bits per heavy atom. The number of hydrogen-bond acceptors (Lipinski definition) is 3. The molecule has 0 spiro atoms. The summed E-state index contributed by atoms with van der Waals surface area (Å²) in [6.45, 7) is 2.51. The zero-order chi connectivity index (χ0) is 15.5. The van der Waals surface area contributed by atoms with E-state index in [9.17, 15) is 14.0 Å². The summed E-state index contributed by atoms with van der Waals surface area (Å²) in [5.74, 6) is -0.927. The highest BCUT2D eigenvalue weighted by Gasteiger charge is 2.38. The number of carbonyl (C=O) groups excluding carboxylic acids is 2. The van der Waals surface area contributed by atoms with Gasteiger partial charge in [0, 0.05) is 13.0 Å². The van der Waals surface area contributed by atoms with Crippen molar-refractivity contribution in [3.8, 4) is 0 Å². The number of hydrogen-bond donors (Lipinski definition) is 1. The number of amides is 2. The molecule has 2 amide bonds. The third-order valence-corrected chi connectivity index (χ3v) is 3.69. The summed E-state index contributed by atoms with van der Waals surface area (Å²) >= 11 is 0. The van der Waals surface area contributed by atoms with E-state index in [0.29, 0.717) is 26.0 Å². The Hall–Kier alpha value is -1.95. The van der Waals surface area contributed by atoms with Crippen molar-refractivity contribution < 1.29 is 18.7 Å². The van der Waals surface area contributed by atoms with Gasteiger partial charge in [-0.25, -0.2) is 4.39 Å². The fraction of sp³-hybridized carbons (Fsp3) is 0.467. The second-order valence-corrected chi connectivity index (χ2v) is 5.39. The summed E-state index contributed by atoms with van der Waals surface area (Å²) in [6.07, 6.45) is 0.838. The smallest absolute Gasteiger partial charge is 0.251 e. The van der Waals surface area contributed by atoms with Gasteiger partial charge in [0.2, 0.25) is 5.91 Å². The molecular weight excluding hydrogens is 275 g/mol. The van der Waals surface area contributed by atoms with Crippen molar-refractivity contribution in [3.05, 3.63) is 35.6 Å². The number of halogens is 1. The number of carbonyl (C=O) groups is 2. The zero-order valence-corrected chi connectivity index (χ0v) is 12.0. The largest absolute Gasteiger partial charge is 0.367 e. The van der Waals surface area contributed by atoms with Gasteiger partial charge < -0.3 is 15.4 Å². The van der Waals surface area contributed by atoms with Crippen molar-refractivity contribution in [2.75, 3.05) is 19.7 Å². The summed E-state index contributed by atoms with van der Waals surface area (Å²) < 4.78 is 18.2. The molecule has 0 aromatic heterocycles. The molecule has 0 unspecified atom stereocenters. The van der Waals surface area contributed by atoms with Crippen molar-refractivity contribution in [3.63, 3.8) is 0 Å². The van der Waals surface area contributed by atoms with Crippen LogP contribution in [-0.2, 0) is 20.7 Å². The maximum Gasteiger partial charge on any atom is 0.251 e. The molecule has 114 valence electrons. The van der Waals surface area contributed by atoms with Crippen molar-refractivity contribution in [2.24, 2.45) is 5.73 Å². The molecule has 5 nitrogen and oxygen atoms in total. The summed E-state index contributed by atoms with van der Waals surface area (Å²) in [6, 6.07) is 6.07. The Morgan fingerprint density at radius 1 is 1.38 bits per heavy atom. The van der Waals surface area contributed by atoms with Crippen LogP contribution in [0.3, 0.4) is 0 Å². The van der Waals surface area contributed by atoms with E-state index in [1.807, 2.05) is 0 Å². The van der Waals surface area contributed by atoms with E-state index in [0.717, 1.165) is 5.56 Å². The molecule has 1 aromatic rings. The molecule has 1 atom stereocenters. The maximum absolute atomic E-state index is 12.8. The van der Waals surface area contributed by atoms with Gasteiger partial charge in [-0.2, -0.15) is 0 Å². The average molecular weight is 294 g/mol. The predicted octanol–water partition coefficient (Wildman–Crippen LogP) is 0.861. The van der Waals surface area contributed by atoms with Crippen LogP contribution in [-0.4, -0.2) is 42.0 Å². The van der Waals surface area contributed by atoms with E-state index in [2.05, 4.69) is 0 Å². The molecule has 21 heavy (non-hydrogen) atoms.